The number of amides is 1. The highest BCUT2D eigenvalue weighted by atomic mass is 19.1. The molecule has 3 aromatic rings. The van der Waals surface area contributed by atoms with Gasteiger partial charge in [0.05, 0.1) is 11.6 Å². The van der Waals surface area contributed by atoms with Gasteiger partial charge >= 0.3 is 0 Å². The van der Waals surface area contributed by atoms with Gasteiger partial charge in [-0.25, -0.2) is 8.78 Å². The Bertz CT molecular complexity index is 952. The standard InChI is InChI=1S/C22H17F2NO/c23-17-11-9-16(10-12-17)21-18-6-2-1-5-15(18)13-14-25(21)22(26)19-7-3-4-8-20(19)24/h1-12,21H,13-14H2/t21-/m1/s1. The zero-order valence-corrected chi connectivity index (χ0v) is 14.0. The second-order valence-corrected chi connectivity index (χ2v) is 6.38. The van der Waals surface area contributed by atoms with Crippen molar-refractivity contribution in [2.24, 2.45) is 0 Å². The van der Waals surface area contributed by atoms with Gasteiger partial charge < -0.3 is 4.90 Å². The molecule has 0 unspecified atom stereocenters. The Morgan fingerprint density at radius 1 is 0.885 bits per heavy atom. The van der Waals surface area contributed by atoms with E-state index in [4.69, 9.17) is 0 Å². The summed E-state index contributed by atoms with van der Waals surface area (Å²) in [5.41, 5.74) is 3.01. The maximum absolute atomic E-state index is 14.2. The van der Waals surface area contributed by atoms with Gasteiger partial charge in [-0.2, -0.15) is 0 Å². The minimum absolute atomic E-state index is 0.0546. The lowest BCUT2D eigenvalue weighted by Crippen LogP contribution is -2.41. The third kappa shape index (κ3) is 2.88. The Labute approximate surface area is 150 Å². The van der Waals surface area contributed by atoms with E-state index in [1.54, 1.807) is 29.2 Å². The molecule has 130 valence electrons. The maximum atomic E-state index is 14.2. The van der Waals surface area contributed by atoms with Gasteiger partial charge in [-0.3, -0.25) is 4.79 Å². The van der Waals surface area contributed by atoms with Crippen LogP contribution in [0.3, 0.4) is 0 Å². The lowest BCUT2D eigenvalue weighted by Gasteiger charge is -2.38. The number of hydrogen-bond donors (Lipinski definition) is 0. The van der Waals surface area contributed by atoms with Crippen LogP contribution in [0.2, 0.25) is 0 Å². The van der Waals surface area contributed by atoms with Crippen molar-refractivity contribution in [1.82, 2.24) is 4.90 Å². The number of carbonyl (C=O) groups excluding carboxylic acids is 1. The van der Waals surface area contributed by atoms with Gasteiger partial charge in [-0.05, 0) is 47.4 Å². The van der Waals surface area contributed by atoms with E-state index in [-0.39, 0.29) is 23.3 Å². The molecule has 1 heterocycles. The first-order valence-electron chi connectivity index (χ1n) is 8.54. The van der Waals surface area contributed by atoms with Gasteiger partial charge in [0.25, 0.3) is 5.91 Å². The molecule has 0 saturated heterocycles. The van der Waals surface area contributed by atoms with E-state index in [0.717, 1.165) is 16.7 Å². The highest BCUT2D eigenvalue weighted by Crippen LogP contribution is 2.36. The second-order valence-electron chi connectivity index (χ2n) is 6.38. The lowest BCUT2D eigenvalue weighted by molar-refractivity contribution is 0.0690. The molecule has 0 bridgehead atoms. The number of carbonyl (C=O) groups is 1. The summed E-state index contributed by atoms with van der Waals surface area (Å²) in [5, 5.41) is 0. The molecule has 0 fully saturated rings. The van der Waals surface area contributed by atoms with Crippen molar-refractivity contribution in [1.29, 1.82) is 0 Å². The van der Waals surface area contributed by atoms with Crippen LogP contribution in [0, 0.1) is 11.6 Å². The summed E-state index contributed by atoms with van der Waals surface area (Å²) in [6.45, 7) is 0.478. The van der Waals surface area contributed by atoms with E-state index in [2.05, 4.69) is 0 Å². The van der Waals surface area contributed by atoms with Crippen molar-refractivity contribution in [2.75, 3.05) is 6.54 Å². The highest BCUT2D eigenvalue weighted by molar-refractivity contribution is 5.95. The molecule has 26 heavy (non-hydrogen) atoms. The van der Waals surface area contributed by atoms with E-state index in [1.165, 1.54) is 24.3 Å². The molecule has 1 aliphatic rings. The van der Waals surface area contributed by atoms with Crippen LogP contribution in [0.5, 0.6) is 0 Å². The number of nitrogens with zero attached hydrogens (tertiary/aromatic N) is 1. The second kappa shape index (κ2) is 6.71. The summed E-state index contributed by atoms with van der Waals surface area (Å²) >= 11 is 0. The van der Waals surface area contributed by atoms with E-state index in [9.17, 15) is 13.6 Å². The predicted molar refractivity (Wildman–Crippen MR) is 95.8 cm³/mol. The van der Waals surface area contributed by atoms with Crippen LogP contribution in [0.25, 0.3) is 0 Å². The summed E-state index contributed by atoms with van der Waals surface area (Å²) in [6.07, 6.45) is 0.702. The first-order chi connectivity index (χ1) is 12.6. The number of hydrogen-bond acceptors (Lipinski definition) is 1. The largest absolute Gasteiger partial charge is 0.327 e. The van der Waals surface area contributed by atoms with Gasteiger partial charge in [0, 0.05) is 6.54 Å². The Kier molecular flexibility index (Phi) is 4.25. The Balaban J connectivity index is 1.82. The molecule has 0 spiro atoms. The van der Waals surface area contributed by atoms with Crippen molar-refractivity contribution in [3.63, 3.8) is 0 Å². The highest BCUT2D eigenvalue weighted by Gasteiger charge is 2.33. The van der Waals surface area contributed by atoms with Crippen LogP contribution in [-0.2, 0) is 6.42 Å². The molecule has 4 rings (SSSR count). The predicted octanol–water partition coefficient (Wildman–Crippen LogP) is 4.75. The normalized spacial score (nSPS) is 16.2. The minimum atomic E-state index is -0.533. The van der Waals surface area contributed by atoms with E-state index >= 15 is 0 Å². The van der Waals surface area contributed by atoms with Gasteiger partial charge in [0.1, 0.15) is 11.6 Å². The average molecular weight is 349 g/mol. The minimum Gasteiger partial charge on any atom is -0.327 e. The van der Waals surface area contributed by atoms with Gasteiger partial charge in [-0.15, -0.1) is 0 Å². The zero-order valence-electron chi connectivity index (χ0n) is 14.0. The summed E-state index contributed by atoms with van der Waals surface area (Å²) in [4.78, 5) is 14.8. The number of rotatable bonds is 2. The monoisotopic (exact) mass is 349 g/mol. The van der Waals surface area contributed by atoms with Crippen molar-refractivity contribution >= 4 is 5.91 Å². The number of halogens is 2. The summed E-state index contributed by atoms with van der Waals surface area (Å²) in [6, 6.07) is 19.7. The van der Waals surface area contributed by atoms with Gasteiger partial charge in [0.2, 0.25) is 0 Å². The Morgan fingerprint density at radius 3 is 2.35 bits per heavy atom. The molecule has 4 heteroatoms. The Hall–Kier alpha value is -3.01. The summed E-state index contributed by atoms with van der Waals surface area (Å²) in [7, 11) is 0. The molecule has 0 radical (unpaired) electrons. The zero-order chi connectivity index (χ0) is 18.1. The summed E-state index contributed by atoms with van der Waals surface area (Å²) in [5.74, 6) is -1.22. The Morgan fingerprint density at radius 2 is 1.58 bits per heavy atom. The van der Waals surface area contributed by atoms with Crippen LogP contribution >= 0.6 is 0 Å². The lowest BCUT2D eigenvalue weighted by atomic mass is 9.87. The molecule has 0 saturated carbocycles. The fraction of sp³-hybridized carbons (Fsp3) is 0.136. The van der Waals surface area contributed by atoms with Crippen molar-refractivity contribution in [2.45, 2.75) is 12.5 Å². The van der Waals surface area contributed by atoms with Gasteiger partial charge in [-0.1, -0.05) is 48.5 Å². The third-order valence-corrected chi connectivity index (χ3v) is 4.83. The smallest absolute Gasteiger partial charge is 0.257 e. The van der Waals surface area contributed by atoms with E-state index < -0.39 is 5.82 Å². The average Bonchev–Trinajstić information content (AvgIpc) is 2.68. The van der Waals surface area contributed by atoms with Crippen molar-refractivity contribution in [3.05, 3.63) is 107 Å². The molecule has 1 amide bonds. The first kappa shape index (κ1) is 16.5. The van der Waals surface area contributed by atoms with Crippen LogP contribution in [0.4, 0.5) is 8.78 Å². The molecule has 1 atom stereocenters. The first-order valence-corrected chi connectivity index (χ1v) is 8.54. The number of benzene rings is 3. The molecular formula is C22H17F2NO. The van der Waals surface area contributed by atoms with E-state index in [0.29, 0.717) is 13.0 Å². The quantitative estimate of drug-likeness (QED) is 0.654. The van der Waals surface area contributed by atoms with Gasteiger partial charge in [0.15, 0.2) is 0 Å². The van der Waals surface area contributed by atoms with Crippen molar-refractivity contribution < 1.29 is 13.6 Å². The number of fused-ring (bicyclic) bond motifs is 1. The SMILES string of the molecule is O=C(c1ccccc1F)N1CCc2ccccc2[C@H]1c1ccc(F)cc1. The van der Waals surface area contributed by atoms with Crippen LogP contribution in [-0.4, -0.2) is 17.4 Å². The molecule has 2 nitrogen and oxygen atoms in total. The van der Waals surface area contributed by atoms with Crippen molar-refractivity contribution in [3.8, 4) is 0 Å². The molecule has 1 aliphatic heterocycles. The molecule has 3 aromatic carbocycles. The van der Waals surface area contributed by atoms with Crippen LogP contribution < -0.4 is 0 Å². The van der Waals surface area contributed by atoms with E-state index in [1.807, 2.05) is 24.3 Å². The molecule has 0 aromatic heterocycles. The van der Waals surface area contributed by atoms with Crippen LogP contribution in [0.15, 0.2) is 72.8 Å². The summed E-state index contributed by atoms with van der Waals surface area (Å²) < 4.78 is 27.6. The fourth-order valence-electron chi connectivity index (χ4n) is 3.58. The molecular weight excluding hydrogens is 332 g/mol. The molecule has 0 N–H and O–H groups in total. The third-order valence-electron chi connectivity index (χ3n) is 4.83. The topological polar surface area (TPSA) is 20.3 Å². The van der Waals surface area contributed by atoms with Crippen LogP contribution in [0.1, 0.15) is 33.1 Å². The fourth-order valence-corrected chi connectivity index (χ4v) is 3.58. The maximum Gasteiger partial charge on any atom is 0.257 e. The molecule has 0 aliphatic carbocycles.